The van der Waals surface area contributed by atoms with Crippen molar-refractivity contribution in [3.05, 3.63) is 22.4 Å². The summed E-state index contributed by atoms with van der Waals surface area (Å²) >= 11 is 7.77. The van der Waals surface area contributed by atoms with E-state index in [2.05, 4.69) is 11.4 Å². The van der Waals surface area contributed by atoms with E-state index < -0.39 is 0 Å². The molecule has 2 rings (SSSR count). The molecule has 1 fully saturated rings. The molecule has 1 aliphatic rings. The summed E-state index contributed by atoms with van der Waals surface area (Å²) in [6.45, 7) is 0.802. The quantitative estimate of drug-likeness (QED) is 0.616. The number of rotatable bonds is 1. The van der Waals surface area contributed by atoms with E-state index in [9.17, 15) is 0 Å². The zero-order valence-corrected chi connectivity index (χ0v) is 7.57. The lowest BCUT2D eigenvalue weighted by molar-refractivity contribution is 0.116. The molecular formula is C8H9ClOS. The molecule has 0 saturated carbocycles. The molecule has 1 saturated heterocycles. The average Bonchev–Trinajstić information content (AvgIpc) is 2.55. The Bertz CT molecular complexity index is 222. The van der Waals surface area contributed by atoms with Gasteiger partial charge in [0.2, 0.25) is 0 Å². The van der Waals surface area contributed by atoms with Crippen molar-refractivity contribution in [2.75, 3.05) is 6.61 Å². The largest absolute Gasteiger partial charge is 0.371 e. The Balaban J connectivity index is 2.16. The van der Waals surface area contributed by atoms with E-state index in [-0.39, 0.29) is 11.5 Å². The molecule has 0 spiro atoms. The first-order chi connectivity index (χ1) is 5.38. The highest BCUT2D eigenvalue weighted by Crippen LogP contribution is 2.35. The third kappa shape index (κ3) is 1.43. The third-order valence-electron chi connectivity index (χ3n) is 1.84. The van der Waals surface area contributed by atoms with Gasteiger partial charge in [-0.2, -0.15) is 0 Å². The second-order valence-corrected chi connectivity index (χ2v) is 4.15. The lowest BCUT2D eigenvalue weighted by Crippen LogP contribution is -2.03. The highest BCUT2D eigenvalue weighted by molar-refractivity contribution is 7.10. The molecule has 1 aromatic rings. The number of ether oxygens (including phenoxy) is 1. The fraction of sp³-hybridized carbons (Fsp3) is 0.500. The maximum atomic E-state index is 6.05. The predicted molar refractivity (Wildman–Crippen MR) is 47.3 cm³/mol. The van der Waals surface area contributed by atoms with Gasteiger partial charge in [-0.3, -0.25) is 0 Å². The van der Waals surface area contributed by atoms with E-state index >= 15 is 0 Å². The van der Waals surface area contributed by atoms with Crippen molar-refractivity contribution in [2.45, 2.75) is 17.9 Å². The van der Waals surface area contributed by atoms with Gasteiger partial charge in [0.1, 0.15) is 6.10 Å². The van der Waals surface area contributed by atoms with E-state index in [4.69, 9.17) is 16.3 Å². The summed E-state index contributed by atoms with van der Waals surface area (Å²) in [7, 11) is 0. The minimum Gasteiger partial charge on any atom is -0.371 e. The van der Waals surface area contributed by atoms with Crippen LogP contribution in [0.3, 0.4) is 0 Å². The first kappa shape index (κ1) is 7.59. The molecule has 2 atom stereocenters. The molecule has 0 aromatic carbocycles. The van der Waals surface area contributed by atoms with Crippen molar-refractivity contribution in [2.24, 2.45) is 0 Å². The molecule has 1 aromatic heterocycles. The molecular weight excluding hydrogens is 180 g/mol. The maximum absolute atomic E-state index is 6.05. The van der Waals surface area contributed by atoms with Crippen molar-refractivity contribution < 1.29 is 4.74 Å². The molecule has 1 nitrogen and oxygen atoms in total. The van der Waals surface area contributed by atoms with Gasteiger partial charge in [0, 0.05) is 11.5 Å². The standard InChI is InChI=1S/C8H9ClOS/c9-6-3-4-10-8(6)7-2-1-5-11-7/h1-2,5-6,8H,3-4H2/t6-,8-/m0/s1. The first-order valence-corrected chi connectivity index (χ1v) is 4.98. The summed E-state index contributed by atoms with van der Waals surface area (Å²) in [5.41, 5.74) is 0. The highest BCUT2D eigenvalue weighted by Gasteiger charge is 2.28. The first-order valence-electron chi connectivity index (χ1n) is 3.67. The summed E-state index contributed by atoms with van der Waals surface area (Å²) in [4.78, 5) is 1.25. The van der Waals surface area contributed by atoms with Gasteiger partial charge in [-0.25, -0.2) is 0 Å². The molecule has 0 radical (unpaired) electrons. The van der Waals surface area contributed by atoms with Gasteiger partial charge in [-0.05, 0) is 17.9 Å². The number of thiophene rings is 1. The molecule has 0 amide bonds. The average molecular weight is 189 g/mol. The van der Waals surface area contributed by atoms with Crippen LogP contribution < -0.4 is 0 Å². The van der Waals surface area contributed by atoms with Gasteiger partial charge in [0.25, 0.3) is 0 Å². The summed E-state index contributed by atoms with van der Waals surface area (Å²) in [5, 5.41) is 2.23. The normalized spacial score (nSPS) is 31.0. The monoisotopic (exact) mass is 188 g/mol. The van der Waals surface area contributed by atoms with E-state index in [1.54, 1.807) is 11.3 Å². The predicted octanol–water partition coefficient (Wildman–Crippen LogP) is 2.82. The van der Waals surface area contributed by atoms with Crippen molar-refractivity contribution in [1.29, 1.82) is 0 Å². The molecule has 0 bridgehead atoms. The third-order valence-corrected chi connectivity index (χ3v) is 3.22. The van der Waals surface area contributed by atoms with Crippen molar-refractivity contribution in [1.82, 2.24) is 0 Å². The van der Waals surface area contributed by atoms with E-state index in [0.29, 0.717) is 0 Å². The van der Waals surface area contributed by atoms with Crippen LogP contribution in [0, 0.1) is 0 Å². The van der Waals surface area contributed by atoms with Crippen LogP contribution in [0.5, 0.6) is 0 Å². The fourth-order valence-electron chi connectivity index (χ4n) is 1.28. The van der Waals surface area contributed by atoms with Crippen molar-refractivity contribution in [3.63, 3.8) is 0 Å². The topological polar surface area (TPSA) is 9.23 Å². The van der Waals surface area contributed by atoms with E-state index in [0.717, 1.165) is 13.0 Å². The van der Waals surface area contributed by atoms with Crippen LogP contribution >= 0.6 is 22.9 Å². The van der Waals surface area contributed by atoms with Crippen molar-refractivity contribution >= 4 is 22.9 Å². The lowest BCUT2D eigenvalue weighted by atomic mass is 10.2. The molecule has 0 unspecified atom stereocenters. The molecule has 0 aliphatic carbocycles. The zero-order chi connectivity index (χ0) is 7.68. The molecule has 60 valence electrons. The summed E-state index contributed by atoms with van der Waals surface area (Å²) in [5.74, 6) is 0. The molecule has 0 N–H and O–H groups in total. The summed E-state index contributed by atoms with van der Waals surface area (Å²) in [6, 6.07) is 4.11. The van der Waals surface area contributed by atoms with E-state index in [1.807, 2.05) is 6.07 Å². The molecule has 11 heavy (non-hydrogen) atoms. The summed E-state index contributed by atoms with van der Waals surface area (Å²) < 4.78 is 5.49. The van der Waals surface area contributed by atoms with Crippen LogP contribution in [0.1, 0.15) is 17.4 Å². The van der Waals surface area contributed by atoms with Crippen LogP contribution in [0.4, 0.5) is 0 Å². The second-order valence-electron chi connectivity index (χ2n) is 2.61. The lowest BCUT2D eigenvalue weighted by Gasteiger charge is -2.09. The summed E-state index contributed by atoms with van der Waals surface area (Å²) in [6.07, 6.45) is 1.13. The Labute approximate surface area is 74.9 Å². The zero-order valence-electron chi connectivity index (χ0n) is 6.00. The minimum absolute atomic E-state index is 0.150. The van der Waals surface area contributed by atoms with Gasteiger partial charge in [0.15, 0.2) is 0 Å². The van der Waals surface area contributed by atoms with Crippen molar-refractivity contribution in [3.8, 4) is 0 Å². The Morgan fingerprint density at radius 3 is 3.09 bits per heavy atom. The molecule has 2 heterocycles. The Morgan fingerprint density at radius 1 is 1.64 bits per heavy atom. The Hall–Kier alpha value is -0.0500. The number of alkyl halides is 1. The molecule has 3 heteroatoms. The van der Waals surface area contributed by atoms with Gasteiger partial charge in [0.05, 0.1) is 5.38 Å². The highest BCUT2D eigenvalue weighted by atomic mass is 35.5. The van der Waals surface area contributed by atoms with Gasteiger partial charge < -0.3 is 4.74 Å². The van der Waals surface area contributed by atoms with Crippen LogP contribution in [-0.2, 0) is 4.74 Å². The second kappa shape index (κ2) is 3.13. The number of hydrogen-bond donors (Lipinski definition) is 0. The van der Waals surface area contributed by atoms with Crippen LogP contribution in [0.15, 0.2) is 17.5 Å². The van der Waals surface area contributed by atoms with Gasteiger partial charge >= 0.3 is 0 Å². The van der Waals surface area contributed by atoms with Crippen LogP contribution in [0.2, 0.25) is 0 Å². The SMILES string of the molecule is Cl[C@H]1CCO[C@@H]1c1cccs1. The van der Waals surface area contributed by atoms with Gasteiger partial charge in [-0.1, -0.05) is 6.07 Å². The van der Waals surface area contributed by atoms with Gasteiger partial charge in [-0.15, -0.1) is 22.9 Å². The van der Waals surface area contributed by atoms with Crippen LogP contribution in [0.25, 0.3) is 0 Å². The Kier molecular flexibility index (Phi) is 2.16. The minimum atomic E-state index is 0.150. The van der Waals surface area contributed by atoms with E-state index in [1.165, 1.54) is 4.88 Å². The number of hydrogen-bond acceptors (Lipinski definition) is 2. The smallest absolute Gasteiger partial charge is 0.108 e. The van der Waals surface area contributed by atoms with Crippen LogP contribution in [-0.4, -0.2) is 12.0 Å². The Morgan fingerprint density at radius 2 is 2.55 bits per heavy atom. The molecule has 1 aliphatic heterocycles. The fourth-order valence-corrected chi connectivity index (χ4v) is 2.49. The number of halogens is 1. The maximum Gasteiger partial charge on any atom is 0.108 e.